The average molecular weight is 252 g/mol. The first-order valence-electron chi connectivity index (χ1n) is 6.15. The van der Waals surface area contributed by atoms with Crippen molar-refractivity contribution in [1.82, 2.24) is 4.90 Å². The molecule has 3 nitrogen and oxygen atoms in total. The third-order valence-corrected chi connectivity index (χ3v) is 2.75. The highest BCUT2D eigenvalue weighted by Gasteiger charge is 2.18. The first kappa shape index (κ1) is 14.6. The summed E-state index contributed by atoms with van der Waals surface area (Å²) in [4.78, 5) is 13.6. The molecule has 1 amide bonds. The first-order chi connectivity index (χ1) is 8.40. The summed E-state index contributed by atoms with van der Waals surface area (Å²) in [5.74, 6) is 0.0421. The normalized spacial score (nSPS) is 12.6. The van der Waals surface area contributed by atoms with Crippen molar-refractivity contribution in [3.63, 3.8) is 0 Å². The maximum absolute atomic E-state index is 12.8. The number of carbonyl (C=O) groups excluding carboxylic acids is 1. The Labute approximate surface area is 108 Å². The second kappa shape index (κ2) is 6.50. The van der Waals surface area contributed by atoms with E-state index >= 15 is 0 Å². The minimum Gasteiger partial charge on any atom is -0.340 e. The van der Waals surface area contributed by atoms with Gasteiger partial charge in [-0.2, -0.15) is 0 Å². The molecule has 0 radical (unpaired) electrons. The molecule has 0 fully saturated rings. The molecule has 1 aromatic rings. The lowest BCUT2D eigenvalue weighted by atomic mass is 10.0. The fourth-order valence-corrected chi connectivity index (χ4v) is 1.83. The van der Waals surface area contributed by atoms with Crippen molar-refractivity contribution < 1.29 is 9.18 Å². The quantitative estimate of drug-likeness (QED) is 0.873. The minimum atomic E-state index is -0.463. The van der Waals surface area contributed by atoms with E-state index in [9.17, 15) is 9.18 Å². The van der Waals surface area contributed by atoms with Gasteiger partial charge in [0.15, 0.2) is 0 Å². The van der Waals surface area contributed by atoms with Crippen molar-refractivity contribution >= 4 is 5.91 Å². The number of nitrogens with two attached hydrogens (primary N) is 1. The zero-order chi connectivity index (χ0) is 13.7. The molecule has 1 rings (SSSR count). The fraction of sp³-hybridized carbons (Fsp3) is 0.500. The van der Waals surface area contributed by atoms with E-state index < -0.39 is 6.04 Å². The number of hydrogen-bond acceptors (Lipinski definition) is 2. The van der Waals surface area contributed by atoms with Gasteiger partial charge in [-0.25, -0.2) is 4.39 Å². The van der Waals surface area contributed by atoms with E-state index in [1.165, 1.54) is 12.1 Å². The maximum Gasteiger partial charge on any atom is 0.239 e. The largest absolute Gasteiger partial charge is 0.340 e. The number of nitrogens with zero attached hydrogens (tertiary/aromatic N) is 1. The predicted octanol–water partition coefficient (Wildman–Crippen LogP) is 2.16. The van der Waals surface area contributed by atoms with Crippen LogP contribution in [0.5, 0.6) is 0 Å². The summed E-state index contributed by atoms with van der Waals surface area (Å²) < 4.78 is 12.8. The molecule has 18 heavy (non-hydrogen) atoms. The van der Waals surface area contributed by atoms with Crippen molar-refractivity contribution in [1.29, 1.82) is 0 Å². The second-order valence-corrected chi connectivity index (χ2v) is 5.06. The number of benzene rings is 1. The Morgan fingerprint density at radius 3 is 2.39 bits per heavy atom. The van der Waals surface area contributed by atoms with Gasteiger partial charge in [0.2, 0.25) is 5.91 Å². The van der Waals surface area contributed by atoms with Crippen LogP contribution in [0.25, 0.3) is 0 Å². The van der Waals surface area contributed by atoms with Gasteiger partial charge in [-0.3, -0.25) is 4.79 Å². The van der Waals surface area contributed by atoms with Gasteiger partial charge in [0.1, 0.15) is 5.82 Å². The van der Waals surface area contributed by atoms with Crippen LogP contribution in [0.15, 0.2) is 24.3 Å². The molecule has 0 heterocycles. The van der Waals surface area contributed by atoms with Gasteiger partial charge in [-0.15, -0.1) is 0 Å². The molecular weight excluding hydrogens is 231 g/mol. The Morgan fingerprint density at radius 2 is 1.89 bits per heavy atom. The number of likely N-dealkylation sites (N-methyl/N-ethyl adjacent to an activating group) is 1. The molecule has 4 heteroatoms. The van der Waals surface area contributed by atoms with Crippen molar-refractivity contribution in [3.8, 4) is 0 Å². The SMILES string of the molecule is CC(C)C[C@@H](N)C(=O)N(C)Cc1ccc(F)cc1. The number of rotatable bonds is 5. The number of halogens is 1. The topological polar surface area (TPSA) is 46.3 Å². The van der Waals surface area contributed by atoms with E-state index in [1.807, 2.05) is 13.8 Å². The molecule has 0 aliphatic carbocycles. The molecule has 0 unspecified atom stereocenters. The Kier molecular flexibility index (Phi) is 5.28. The Hall–Kier alpha value is -1.42. The summed E-state index contributed by atoms with van der Waals surface area (Å²) in [6, 6.07) is 5.67. The second-order valence-electron chi connectivity index (χ2n) is 5.06. The van der Waals surface area contributed by atoms with E-state index in [2.05, 4.69) is 0 Å². The number of hydrogen-bond donors (Lipinski definition) is 1. The Bertz CT molecular complexity index is 389. The molecule has 100 valence electrons. The maximum atomic E-state index is 12.8. The van der Waals surface area contributed by atoms with Crippen molar-refractivity contribution in [3.05, 3.63) is 35.6 Å². The molecular formula is C14H21FN2O. The summed E-state index contributed by atoms with van der Waals surface area (Å²) >= 11 is 0. The van der Waals surface area contributed by atoms with E-state index in [0.29, 0.717) is 18.9 Å². The fourth-order valence-electron chi connectivity index (χ4n) is 1.83. The molecule has 1 atom stereocenters. The lowest BCUT2D eigenvalue weighted by molar-refractivity contribution is -0.132. The molecule has 2 N–H and O–H groups in total. The van der Waals surface area contributed by atoms with E-state index in [-0.39, 0.29) is 11.7 Å². The van der Waals surface area contributed by atoms with Gasteiger partial charge < -0.3 is 10.6 Å². The lowest BCUT2D eigenvalue weighted by Gasteiger charge is -2.22. The zero-order valence-electron chi connectivity index (χ0n) is 11.2. The van der Waals surface area contributed by atoms with Crippen molar-refractivity contribution in [2.24, 2.45) is 11.7 Å². The molecule has 0 bridgehead atoms. The third kappa shape index (κ3) is 4.45. The van der Waals surface area contributed by atoms with Crippen LogP contribution < -0.4 is 5.73 Å². The summed E-state index contributed by atoms with van der Waals surface area (Å²) in [5.41, 5.74) is 6.74. The summed E-state index contributed by atoms with van der Waals surface area (Å²) in [5, 5.41) is 0. The summed E-state index contributed by atoms with van der Waals surface area (Å²) in [7, 11) is 1.71. The van der Waals surface area contributed by atoms with Gasteiger partial charge in [-0.05, 0) is 30.0 Å². The number of amides is 1. The van der Waals surface area contributed by atoms with Crippen LogP contribution in [-0.4, -0.2) is 23.9 Å². The number of carbonyl (C=O) groups is 1. The standard InChI is InChI=1S/C14H21FN2O/c1-10(2)8-13(16)14(18)17(3)9-11-4-6-12(15)7-5-11/h4-7,10,13H,8-9,16H2,1-3H3/t13-/m1/s1. The van der Waals surface area contributed by atoms with Crippen LogP contribution in [0, 0.1) is 11.7 Å². The molecule has 0 aliphatic rings. The Balaban J connectivity index is 2.56. The molecule has 0 spiro atoms. The third-order valence-electron chi connectivity index (χ3n) is 2.75. The lowest BCUT2D eigenvalue weighted by Crippen LogP contribution is -2.42. The van der Waals surface area contributed by atoms with Gasteiger partial charge in [-0.1, -0.05) is 26.0 Å². The van der Waals surface area contributed by atoms with Gasteiger partial charge in [0.05, 0.1) is 6.04 Å². The van der Waals surface area contributed by atoms with Gasteiger partial charge >= 0.3 is 0 Å². The smallest absolute Gasteiger partial charge is 0.239 e. The van der Waals surface area contributed by atoms with Crippen LogP contribution in [0.3, 0.4) is 0 Å². The highest BCUT2D eigenvalue weighted by molar-refractivity contribution is 5.81. The van der Waals surface area contributed by atoms with Crippen LogP contribution in [0.1, 0.15) is 25.8 Å². The monoisotopic (exact) mass is 252 g/mol. The summed E-state index contributed by atoms with van der Waals surface area (Å²) in [6.45, 7) is 4.52. The highest BCUT2D eigenvalue weighted by atomic mass is 19.1. The van der Waals surface area contributed by atoms with E-state index in [1.54, 1.807) is 24.1 Å². The van der Waals surface area contributed by atoms with Crippen molar-refractivity contribution in [2.75, 3.05) is 7.05 Å². The first-order valence-corrected chi connectivity index (χ1v) is 6.15. The average Bonchev–Trinajstić information content (AvgIpc) is 2.30. The van der Waals surface area contributed by atoms with Crippen molar-refractivity contribution in [2.45, 2.75) is 32.9 Å². The van der Waals surface area contributed by atoms with Crippen LogP contribution in [-0.2, 0) is 11.3 Å². The Morgan fingerprint density at radius 1 is 1.33 bits per heavy atom. The van der Waals surface area contributed by atoms with Crippen LogP contribution >= 0.6 is 0 Å². The summed E-state index contributed by atoms with van der Waals surface area (Å²) in [6.07, 6.45) is 0.673. The van der Waals surface area contributed by atoms with E-state index in [0.717, 1.165) is 5.56 Å². The molecule has 0 saturated carbocycles. The molecule has 0 saturated heterocycles. The predicted molar refractivity (Wildman–Crippen MR) is 70.3 cm³/mol. The van der Waals surface area contributed by atoms with Gasteiger partial charge in [0.25, 0.3) is 0 Å². The molecule has 1 aromatic carbocycles. The zero-order valence-corrected chi connectivity index (χ0v) is 11.2. The van der Waals surface area contributed by atoms with Gasteiger partial charge in [0, 0.05) is 13.6 Å². The minimum absolute atomic E-state index is 0.0759. The van der Waals surface area contributed by atoms with Crippen LogP contribution in [0.4, 0.5) is 4.39 Å². The highest BCUT2D eigenvalue weighted by Crippen LogP contribution is 2.09. The van der Waals surface area contributed by atoms with Crippen LogP contribution in [0.2, 0.25) is 0 Å². The molecule has 0 aromatic heterocycles. The molecule has 0 aliphatic heterocycles. The van der Waals surface area contributed by atoms with E-state index in [4.69, 9.17) is 5.73 Å².